The lowest BCUT2D eigenvalue weighted by molar-refractivity contribution is -0.274. The quantitative estimate of drug-likeness (QED) is 0.513. The first-order valence-electron chi connectivity index (χ1n) is 8.80. The number of esters is 1. The van der Waals surface area contributed by atoms with Gasteiger partial charge in [-0.25, -0.2) is 8.42 Å². The smallest absolute Gasteiger partial charge is 0.465 e. The molecule has 1 N–H and O–H groups in total. The van der Waals surface area contributed by atoms with Gasteiger partial charge in [0.25, 0.3) is 0 Å². The van der Waals surface area contributed by atoms with Gasteiger partial charge in [0.1, 0.15) is 11.8 Å². The Morgan fingerprint density at radius 1 is 1.25 bits per heavy atom. The summed E-state index contributed by atoms with van der Waals surface area (Å²) < 4.78 is 72.9. The summed E-state index contributed by atoms with van der Waals surface area (Å²) in [5.74, 6) is -1.09. The van der Waals surface area contributed by atoms with Crippen molar-refractivity contribution < 1.29 is 35.9 Å². The van der Waals surface area contributed by atoms with E-state index in [0.717, 1.165) is 43.5 Å². The minimum absolute atomic E-state index is 0.102. The summed E-state index contributed by atoms with van der Waals surface area (Å²) >= 11 is 0. The molecule has 0 aliphatic heterocycles. The molecule has 0 bridgehead atoms. The summed E-state index contributed by atoms with van der Waals surface area (Å²) in [5, 5.41) is 0. The van der Waals surface area contributed by atoms with Crippen molar-refractivity contribution >= 4 is 16.0 Å². The molecule has 0 heterocycles. The molecule has 1 aromatic carbocycles. The number of alkyl halides is 3. The summed E-state index contributed by atoms with van der Waals surface area (Å²) in [7, 11) is -4.14. The molecule has 0 saturated heterocycles. The topological polar surface area (TPSA) is 81.7 Å². The lowest BCUT2D eigenvalue weighted by Gasteiger charge is -2.24. The predicted octanol–water partition coefficient (Wildman–Crippen LogP) is 3.54. The maximum Gasteiger partial charge on any atom is 0.573 e. The van der Waals surface area contributed by atoms with E-state index in [1.54, 1.807) is 6.92 Å². The Balaban J connectivity index is 2.14. The fourth-order valence-corrected chi connectivity index (χ4v) is 4.11. The normalized spacial score (nSPS) is 18.5. The van der Waals surface area contributed by atoms with E-state index in [9.17, 15) is 26.4 Å². The third kappa shape index (κ3) is 6.83. The zero-order valence-corrected chi connectivity index (χ0v) is 16.1. The van der Waals surface area contributed by atoms with E-state index < -0.39 is 34.1 Å². The van der Waals surface area contributed by atoms with E-state index in [-0.39, 0.29) is 23.8 Å². The van der Waals surface area contributed by atoms with Crippen LogP contribution in [0.4, 0.5) is 13.2 Å². The Morgan fingerprint density at radius 2 is 1.93 bits per heavy atom. The number of hydrogen-bond acceptors (Lipinski definition) is 5. The van der Waals surface area contributed by atoms with Crippen LogP contribution in [-0.4, -0.2) is 33.4 Å². The van der Waals surface area contributed by atoms with Crippen LogP contribution >= 0.6 is 0 Å². The molecule has 2 atom stereocenters. The number of carbonyl (C=O) groups excluding carboxylic acids is 1. The van der Waals surface area contributed by atoms with Gasteiger partial charge in [-0.3, -0.25) is 4.79 Å². The standard InChI is InChI=1S/C18H22F3NO5S/c1-2-26-17(23)16(12-13-6-4-3-5-7-13)22-28(24,25)15-10-8-14(9-11-15)27-18(19,20)21/h3-4,8-11,13,16,22H,2,5-7,12H2,1H3/t13-,16+/m0/s1. The highest BCUT2D eigenvalue weighted by molar-refractivity contribution is 7.89. The Bertz CT molecular complexity index is 790. The summed E-state index contributed by atoms with van der Waals surface area (Å²) in [6.07, 6.45) is 1.85. The van der Waals surface area contributed by atoms with Gasteiger partial charge in [-0.15, -0.1) is 13.2 Å². The van der Waals surface area contributed by atoms with Crippen molar-refractivity contribution in [3.05, 3.63) is 36.4 Å². The Kier molecular flexibility index (Phi) is 7.48. The van der Waals surface area contributed by atoms with Crippen LogP contribution in [0.1, 0.15) is 32.6 Å². The maximum atomic E-state index is 12.6. The lowest BCUT2D eigenvalue weighted by atomic mass is 9.89. The van der Waals surface area contributed by atoms with E-state index in [2.05, 4.69) is 9.46 Å². The molecule has 28 heavy (non-hydrogen) atoms. The van der Waals surface area contributed by atoms with Crippen molar-refractivity contribution in [1.29, 1.82) is 0 Å². The number of halogens is 3. The van der Waals surface area contributed by atoms with Crippen molar-refractivity contribution in [1.82, 2.24) is 4.72 Å². The first kappa shape index (κ1) is 22.2. The van der Waals surface area contributed by atoms with Gasteiger partial charge in [0.15, 0.2) is 0 Å². The molecular formula is C18H22F3NO5S. The number of ether oxygens (including phenoxy) is 2. The van der Waals surface area contributed by atoms with Crippen LogP contribution in [-0.2, 0) is 19.6 Å². The minimum Gasteiger partial charge on any atom is -0.465 e. The maximum absolute atomic E-state index is 12.6. The third-order valence-electron chi connectivity index (χ3n) is 4.18. The largest absolute Gasteiger partial charge is 0.573 e. The highest BCUT2D eigenvalue weighted by atomic mass is 32.2. The molecule has 10 heteroatoms. The first-order valence-corrected chi connectivity index (χ1v) is 10.3. The number of sulfonamides is 1. The molecule has 6 nitrogen and oxygen atoms in total. The second-order valence-electron chi connectivity index (χ2n) is 6.33. The second kappa shape index (κ2) is 9.42. The number of nitrogens with one attached hydrogen (secondary N) is 1. The average Bonchev–Trinajstić information content (AvgIpc) is 2.61. The molecule has 1 aliphatic carbocycles. The van der Waals surface area contributed by atoms with Gasteiger partial charge in [-0.2, -0.15) is 4.72 Å². The number of hydrogen-bond donors (Lipinski definition) is 1. The van der Waals surface area contributed by atoms with E-state index >= 15 is 0 Å². The third-order valence-corrected chi connectivity index (χ3v) is 5.67. The van der Waals surface area contributed by atoms with Gasteiger partial charge in [-0.1, -0.05) is 12.2 Å². The summed E-state index contributed by atoms with van der Waals surface area (Å²) in [5.41, 5.74) is 0. The van der Waals surface area contributed by atoms with Crippen LogP contribution in [0.25, 0.3) is 0 Å². The van der Waals surface area contributed by atoms with Crippen molar-refractivity contribution in [3.8, 4) is 5.75 Å². The lowest BCUT2D eigenvalue weighted by Crippen LogP contribution is -2.43. The highest BCUT2D eigenvalue weighted by Crippen LogP contribution is 2.26. The molecule has 0 radical (unpaired) electrons. The zero-order chi connectivity index (χ0) is 20.8. The summed E-state index contributed by atoms with van der Waals surface area (Å²) in [6, 6.07) is 2.68. The monoisotopic (exact) mass is 421 g/mol. The van der Waals surface area contributed by atoms with Gasteiger partial charge in [0, 0.05) is 0 Å². The molecule has 0 spiro atoms. The summed E-state index contributed by atoms with van der Waals surface area (Å²) in [6.45, 7) is 1.72. The zero-order valence-electron chi connectivity index (χ0n) is 15.2. The molecule has 2 rings (SSSR count). The summed E-state index contributed by atoms with van der Waals surface area (Å²) in [4.78, 5) is 11.9. The van der Waals surface area contributed by atoms with Crippen molar-refractivity contribution in [2.45, 2.75) is 49.9 Å². The van der Waals surface area contributed by atoms with E-state index in [4.69, 9.17) is 4.74 Å². The van der Waals surface area contributed by atoms with Gasteiger partial charge < -0.3 is 9.47 Å². The predicted molar refractivity (Wildman–Crippen MR) is 95.0 cm³/mol. The van der Waals surface area contributed by atoms with Crippen LogP contribution < -0.4 is 9.46 Å². The van der Waals surface area contributed by atoms with Crippen molar-refractivity contribution in [2.75, 3.05) is 6.61 Å². The van der Waals surface area contributed by atoms with E-state index in [1.807, 2.05) is 12.2 Å². The van der Waals surface area contributed by atoms with Crippen LogP contribution in [0.5, 0.6) is 5.75 Å². The number of rotatable bonds is 8. The second-order valence-corrected chi connectivity index (χ2v) is 8.05. The van der Waals surface area contributed by atoms with Gasteiger partial charge in [-0.05, 0) is 62.8 Å². The average molecular weight is 421 g/mol. The highest BCUT2D eigenvalue weighted by Gasteiger charge is 2.32. The van der Waals surface area contributed by atoms with Crippen molar-refractivity contribution in [2.24, 2.45) is 5.92 Å². The number of carbonyl (C=O) groups is 1. The molecular weight excluding hydrogens is 399 g/mol. The van der Waals surface area contributed by atoms with Gasteiger partial charge in [0.05, 0.1) is 11.5 Å². The van der Waals surface area contributed by atoms with Crippen LogP contribution in [0.15, 0.2) is 41.3 Å². The molecule has 1 aliphatic rings. The van der Waals surface area contributed by atoms with Crippen molar-refractivity contribution in [3.63, 3.8) is 0 Å². The number of allylic oxidation sites excluding steroid dienone is 2. The van der Waals surface area contributed by atoms with Crippen LogP contribution in [0.3, 0.4) is 0 Å². The molecule has 0 unspecified atom stereocenters. The first-order chi connectivity index (χ1) is 13.1. The fraction of sp³-hybridized carbons (Fsp3) is 0.500. The molecule has 0 amide bonds. The molecule has 0 saturated carbocycles. The Labute approximate surface area is 161 Å². The molecule has 156 valence electrons. The van der Waals surface area contributed by atoms with E-state index in [0.29, 0.717) is 0 Å². The Morgan fingerprint density at radius 3 is 2.46 bits per heavy atom. The van der Waals surface area contributed by atoms with Gasteiger partial charge >= 0.3 is 12.3 Å². The number of benzene rings is 1. The van der Waals surface area contributed by atoms with Crippen LogP contribution in [0, 0.1) is 5.92 Å². The molecule has 1 aromatic rings. The Hall–Kier alpha value is -2.07. The van der Waals surface area contributed by atoms with E-state index in [1.165, 1.54) is 0 Å². The van der Waals surface area contributed by atoms with Gasteiger partial charge in [0.2, 0.25) is 10.0 Å². The molecule has 0 fully saturated rings. The minimum atomic E-state index is -4.87. The fourth-order valence-electron chi connectivity index (χ4n) is 2.91. The molecule has 0 aromatic heterocycles. The van der Waals surface area contributed by atoms with Crippen LogP contribution in [0.2, 0.25) is 0 Å². The SMILES string of the molecule is CCOC(=O)[C@@H](C[C@H]1CC=CCC1)NS(=O)(=O)c1ccc(OC(F)(F)F)cc1.